The second-order valence-electron chi connectivity index (χ2n) is 8.69. The number of ether oxygens (including phenoxy) is 3. The lowest BCUT2D eigenvalue weighted by Gasteiger charge is -2.12. The minimum absolute atomic E-state index is 0.296. The molecule has 0 radical (unpaired) electrons. The van der Waals surface area contributed by atoms with Gasteiger partial charge in [-0.15, -0.1) is 0 Å². The minimum atomic E-state index is -0.565. The van der Waals surface area contributed by atoms with Crippen LogP contribution in [0.3, 0.4) is 0 Å². The van der Waals surface area contributed by atoms with E-state index >= 15 is 0 Å². The van der Waals surface area contributed by atoms with Gasteiger partial charge >= 0.3 is 0 Å². The molecule has 31 heavy (non-hydrogen) atoms. The van der Waals surface area contributed by atoms with Gasteiger partial charge in [0.25, 0.3) is 0 Å². The molecular weight excluding hydrogens is 388 g/mol. The Morgan fingerprint density at radius 3 is 1.68 bits per heavy atom. The largest absolute Gasteiger partial charge is 0.497 e. The minimum Gasteiger partial charge on any atom is -0.497 e. The molecule has 4 nitrogen and oxygen atoms in total. The third kappa shape index (κ3) is 17.2. The monoisotopic (exact) mass is 436 g/mol. The molecular formula is C27H48O4. The van der Waals surface area contributed by atoms with Crippen LogP contribution in [0.5, 0.6) is 5.75 Å². The van der Waals surface area contributed by atoms with Crippen molar-refractivity contribution < 1.29 is 19.3 Å². The summed E-state index contributed by atoms with van der Waals surface area (Å²) < 4.78 is 16.3. The van der Waals surface area contributed by atoms with Crippen molar-refractivity contribution in [2.45, 2.75) is 110 Å². The maximum absolute atomic E-state index is 9.95. The third-order valence-corrected chi connectivity index (χ3v) is 5.69. The second-order valence-corrected chi connectivity index (χ2v) is 8.69. The van der Waals surface area contributed by atoms with Crippen LogP contribution in [-0.2, 0) is 16.1 Å². The number of benzene rings is 1. The van der Waals surface area contributed by atoms with Crippen LogP contribution < -0.4 is 4.74 Å². The molecule has 180 valence electrons. The Morgan fingerprint density at radius 1 is 0.677 bits per heavy atom. The summed E-state index contributed by atoms with van der Waals surface area (Å²) in [4.78, 5) is 0. The fourth-order valence-electron chi connectivity index (χ4n) is 3.70. The standard InChI is InChI=1S/C27H48O4/c1-3-4-5-6-7-8-9-10-11-12-13-14-15-16-21-30-23-26(28)24-31-22-25-17-19-27(29-2)20-18-25/h17-20,26,28H,3-16,21-24H2,1-2H3. The molecule has 1 aromatic carbocycles. The van der Waals surface area contributed by atoms with Gasteiger partial charge in [0.05, 0.1) is 26.9 Å². The Morgan fingerprint density at radius 2 is 1.16 bits per heavy atom. The average Bonchev–Trinajstić information content (AvgIpc) is 2.79. The Balaban J connectivity index is 1.79. The van der Waals surface area contributed by atoms with Gasteiger partial charge in [-0.2, -0.15) is 0 Å². The van der Waals surface area contributed by atoms with E-state index in [1.54, 1.807) is 7.11 Å². The van der Waals surface area contributed by atoms with E-state index < -0.39 is 6.10 Å². The van der Waals surface area contributed by atoms with Crippen molar-refractivity contribution >= 4 is 0 Å². The van der Waals surface area contributed by atoms with Crippen molar-refractivity contribution in [2.75, 3.05) is 26.9 Å². The van der Waals surface area contributed by atoms with Crippen molar-refractivity contribution in [3.63, 3.8) is 0 Å². The molecule has 0 aliphatic heterocycles. The first-order valence-electron chi connectivity index (χ1n) is 12.7. The van der Waals surface area contributed by atoms with Gasteiger partial charge in [0.15, 0.2) is 0 Å². The Hall–Kier alpha value is -1.10. The van der Waals surface area contributed by atoms with Crippen LogP contribution in [0.15, 0.2) is 24.3 Å². The summed E-state index contributed by atoms with van der Waals surface area (Å²) in [5, 5.41) is 9.95. The van der Waals surface area contributed by atoms with Crippen LogP contribution >= 0.6 is 0 Å². The van der Waals surface area contributed by atoms with Crippen LogP contribution in [0.25, 0.3) is 0 Å². The van der Waals surface area contributed by atoms with Gasteiger partial charge in [-0.3, -0.25) is 0 Å². The summed E-state index contributed by atoms with van der Waals surface area (Å²) in [7, 11) is 1.65. The first-order valence-corrected chi connectivity index (χ1v) is 12.7. The fourth-order valence-corrected chi connectivity index (χ4v) is 3.70. The van der Waals surface area contributed by atoms with Crippen LogP contribution in [0, 0.1) is 0 Å². The summed E-state index contributed by atoms with van der Waals surface area (Å²) in [6, 6.07) is 7.76. The Labute approximate surface area is 191 Å². The molecule has 0 heterocycles. The van der Waals surface area contributed by atoms with Crippen LogP contribution in [0.2, 0.25) is 0 Å². The normalized spacial score (nSPS) is 12.2. The van der Waals surface area contributed by atoms with E-state index in [0.717, 1.165) is 24.3 Å². The van der Waals surface area contributed by atoms with E-state index in [2.05, 4.69) is 6.92 Å². The molecule has 0 amide bonds. The van der Waals surface area contributed by atoms with E-state index in [-0.39, 0.29) is 0 Å². The Bertz CT molecular complexity index is 489. The number of aliphatic hydroxyl groups is 1. The summed E-state index contributed by atoms with van der Waals surface area (Å²) in [5.74, 6) is 0.834. The number of rotatable bonds is 22. The molecule has 1 aromatic rings. The molecule has 0 aromatic heterocycles. The number of hydrogen-bond acceptors (Lipinski definition) is 4. The highest BCUT2D eigenvalue weighted by atomic mass is 16.5. The highest BCUT2D eigenvalue weighted by Crippen LogP contribution is 2.13. The quantitative estimate of drug-likeness (QED) is 0.197. The van der Waals surface area contributed by atoms with Crippen LogP contribution in [0.4, 0.5) is 0 Å². The topological polar surface area (TPSA) is 47.9 Å². The van der Waals surface area contributed by atoms with Crippen molar-refractivity contribution in [2.24, 2.45) is 0 Å². The van der Waals surface area contributed by atoms with Gasteiger partial charge in [-0.1, -0.05) is 103 Å². The zero-order chi connectivity index (χ0) is 22.4. The first kappa shape index (κ1) is 27.9. The van der Waals surface area contributed by atoms with Crippen molar-refractivity contribution in [3.05, 3.63) is 29.8 Å². The zero-order valence-corrected chi connectivity index (χ0v) is 20.3. The zero-order valence-electron chi connectivity index (χ0n) is 20.3. The van der Waals surface area contributed by atoms with E-state index in [1.807, 2.05) is 24.3 Å². The molecule has 0 bridgehead atoms. The maximum atomic E-state index is 9.95. The molecule has 0 fully saturated rings. The highest BCUT2D eigenvalue weighted by Gasteiger charge is 2.05. The van der Waals surface area contributed by atoms with Crippen molar-refractivity contribution in [1.29, 1.82) is 0 Å². The average molecular weight is 437 g/mol. The van der Waals surface area contributed by atoms with Crippen molar-refractivity contribution in [3.8, 4) is 5.75 Å². The lowest BCUT2D eigenvalue weighted by molar-refractivity contribution is -0.0239. The van der Waals surface area contributed by atoms with E-state index in [1.165, 1.54) is 83.5 Å². The second kappa shape index (κ2) is 20.8. The number of unbranched alkanes of at least 4 members (excludes halogenated alkanes) is 13. The molecule has 4 heteroatoms. The highest BCUT2D eigenvalue weighted by molar-refractivity contribution is 5.26. The van der Waals surface area contributed by atoms with Crippen LogP contribution in [-0.4, -0.2) is 38.1 Å². The van der Waals surface area contributed by atoms with Gasteiger partial charge < -0.3 is 19.3 Å². The molecule has 0 aliphatic rings. The fraction of sp³-hybridized carbons (Fsp3) is 0.778. The van der Waals surface area contributed by atoms with E-state index in [0.29, 0.717) is 19.8 Å². The summed E-state index contributed by atoms with van der Waals surface area (Å²) in [5.41, 5.74) is 1.07. The maximum Gasteiger partial charge on any atom is 0.118 e. The van der Waals surface area contributed by atoms with Gasteiger partial charge in [-0.25, -0.2) is 0 Å². The lowest BCUT2D eigenvalue weighted by atomic mass is 10.0. The lowest BCUT2D eigenvalue weighted by Crippen LogP contribution is -2.22. The van der Waals surface area contributed by atoms with Gasteiger partial charge in [-0.05, 0) is 24.1 Å². The molecule has 1 unspecified atom stereocenters. The number of methoxy groups -OCH3 is 1. The SMILES string of the molecule is CCCCCCCCCCCCCCCCOCC(O)COCc1ccc(OC)cc1. The molecule has 0 saturated heterocycles. The van der Waals surface area contributed by atoms with E-state index in [9.17, 15) is 5.11 Å². The Kier molecular flexibility index (Phi) is 18.7. The number of hydrogen-bond donors (Lipinski definition) is 1. The number of aliphatic hydroxyl groups excluding tert-OH is 1. The van der Waals surface area contributed by atoms with Crippen molar-refractivity contribution in [1.82, 2.24) is 0 Å². The van der Waals surface area contributed by atoms with Gasteiger partial charge in [0, 0.05) is 6.61 Å². The molecule has 1 N–H and O–H groups in total. The third-order valence-electron chi connectivity index (χ3n) is 5.69. The van der Waals surface area contributed by atoms with Gasteiger partial charge in [0.1, 0.15) is 11.9 Å². The predicted molar refractivity (Wildman–Crippen MR) is 130 cm³/mol. The molecule has 1 rings (SSSR count). The molecule has 0 saturated carbocycles. The van der Waals surface area contributed by atoms with E-state index in [4.69, 9.17) is 14.2 Å². The molecule has 0 spiro atoms. The summed E-state index contributed by atoms with van der Waals surface area (Å²) >= 11 is 0. The summed E-state index contributed by atoms with van der Waals surface area (Å²) in [6.45, 7) is 4.14. The van der Waals surface area contributed by atoms with Gasteiger partial charge in [0.2, 0.25) is 0 Å². The smallest absolute Gasteiger partial charge is 0.118 e. The van der Waals surface area contributed by atoms with Crippen LogP contribution in [0.1, 0.15) is 102 Å². The summed E-state index contributed by atoms with van der Waals surface area (Å²) in [6.07, 6.45) is 18.5. The predicted octanol–water partition coefficient (Wildman–Crippen LogP) is 7.07. The molecule has 1 atom stereocenters. The molecule has 0 aliphatic carbocycles. The first-order chi connectivity index (χ1) is 15.3.